The molecular formula is C23H20N6O3. The number of rotatable bonds is 5. The Hall–Kier alpha value is -4.14. The van der Waals surface area contributed by atoms with E-state index in [-0.39, 0.29) is 11.3 Å². The van der Waals surface area contributed by atoms with E-state index in [2.05, 4.69) is 20.5 Å². The van der Waals surface area contributed by atoms with Gasteiger partial charge in [0.05, 0.1) is 36.3 Å². The van der Waals surface area contributed by atoms with E-state index in [1.54, 1.807) is 19.2 Å². The van der Waals surface area contributed by atoms with E-state index < -0.39 is 0 Å². The average Bonchev–Trinajstić information content (AvgIpc) is 3.57. The van der Waals surface area contributed by atoms with E-state index in [1.807, 2.05) is 30.3 Å². The first-order valence-corrected chi connectivity index (χ1v) is 10.4. The van der Waals surface area contributed by atoms with Gasteiger partial charge in [0.25, 0.3) is 5.56 Å². The molecule has 0 unspecified atom stereocenters. The molecule has 0 radical (unpaired) electrons. The number of fused-ring (bicyclic) bond motifs is 4. The van der Waals surface area contributed by atoms with Crippen molar-refractivity contribution in [2.45, 2.75) is 18.8 Å². The largest absolute Gasteiger partial charge is 0.493 e. The maximum absolute atomic E-state index is 13.5. The quantitative estimate of drug-likeness (QED) is 0.324. The van der Waals surface area contributed by atoms with Gasteiger partial charge in [0, 0.05) is 23.4 Å². The van der Waals surface area contributed by atoms with Gasteiger partial charge in [0.1, 0.15) is 11.6 Å². The summed E-state index contributed by atoms with van der Waals surface area (Å²) in [6, 6.07) is 13.0. The van der Waals surface area contributed by atoms with Crippen molar-refractivity contribution in [2.75, 3.05) is 19.5 Å². The average molecular weight is 428 g/mol. The molecule has 5 aromatic rings. The zero-order valence-electron chi connectivity index (χ0n) is 17.5. The topological polar surface area (TPSA) is 106 Å². The van der Waals surface area contributed by atoms with Crippen LogP contribution in [-0.2, 0) is 0 Å². The van der Waals surface area contributed by atoms with Crippen LogP contribution in [0, 0.1) is 0 Å². The van der Waals surface area contributed by atoms with Crippen molar-refractivity contribution in [3.63, 3.8) is 0 Å². The molecule has 3 aromatic heterocycles. The van der Waals surface area contributed by atoms with E-state index in [4.69, 9.17) is 14.5 Å². The molecule has 160 valence electrons. The second-order valence-electron chi connectivity index (χ2n) is 7.86. The number of hydrogen-bond donors (Lipinski definition) is 2. The van der Waals surface area contributed by atoms with Gasteiger partial charge in [-0.15, -0.1) is 0 Å². The van der Waals surface area contributed by atoms with Crippen LogP contribution in [0.5, 0.6) is 11.5 Å². The van der Waals surface area contributed by atoms with Gasteiger partial charge in [-0.05, 0) is 31.0 Å². The number of methoxy groups -OCH3 is 2. The van der Waals surface area contributed by atoms with Crippen LogP contribution >= 0.6 is 0 Å². The van der Waals surface area contributed by atoms with Crippen LogP contribution in [0.1, 0.15) is 24.5 Å². The van der Waals surface area contributed by atoms with Gasteiger partial charge < -0.3 is 14.8 Å². The number of nitrogens with zero attached hydrogens (tertiary/aromatic N) is 4. The molecular weight excluding hydrogens is 408 g/mol. The second-order valence-corrected chi connectivity index (χ2v) is 7.86. The summed E-state index contributed by atoms with van der Waals surface area (Å²) in [7, 11) is 3.08. The van der Waals surface area contributed by atoms with Gasteiger partial charge in [-0.2, -0.15) is 10.1 Å². The number of ether oxygens (including phenoxy) is 2. The molecule has 1 saturated carbocycles. The van der Waals surface area contributed by atoms with E-state index in [0.717, 1.165) is 16.9 Å². The summed E-state index contributed by atoms with van der Waals surface area (Å²) in [5, 5.41) is 12.0. The number of aromatic nitrogens is 5. The Kier molecular flexibility index (Phi) is 4.04. The number of para-hydroxylation sites is 1. The van der Waals surface area contributed by atoms with Crippen molar-refractivity contribution >= 4 is 39.2 Å². The Balaban J connectivity index is 1.60. The summed E-state index contributed by atoms with van der Waals surface area (Å²) in [4.78, 5) is 22.8. The smallest absolute Gasteiger partial charge is 0.267 e. The molecule has 0 amide bonds. The van der Waals surface area contributed by atoms with Crippen molar-refractivity contribution in [2.24, 2.45) is 0 Å². The molecule has 1 fully saturated rings. The lowest BCUT2D eigenvalue weighted by Crippen LogP contribution is -2.18. The van der Waals surface area contributed by atoms with Crippen molar-refractivity contribution in [3.8, 4) is 11.5 Å². The lowest BCUT2D eigenvalue weighted by Gasteiger charge is -2.13. The maximum atomic E-state index is 13.5. The summed E-state index contributed by atoms with van der Waals surface area (Å²) in [6.45, 7) is 0. The summed E-state index contributed by atoms with van der Waals surface area (Å²) in [6.07, 6.45) is 2.35. The molecule has 0 aliphatic heterocycles. The van der Waals surface area contributed by atoms with Crippen molar-refractivity contribution in [1.82, 2.24) is 24.6 Å². The summed E-state index contributed by atoms with van der Waals surface area (Å²) < 4.78 is 12.3. The number of anilines is 2. The van der Waals surface area contributed by atoms with Crippen LogP contribution in [0.4, 0.5) is 11.6 Å². The van der Waals surface area contributed by atoms with Crippen molar-refractivity contribution in [3.05, 3.63) is 58.5 Å². The highest BCUT2D eigenvalue weighted by atomic mass is 16.5. The molecule has 2 aromatic carbocycles. The predicted molar refractivity (Wildman–Crippen MR) is 121 cm³/mol. The molecule has 1 aliphatic carbocycles. The van der Waals surface area contributed by atoms with E-state index in [9.17, 15) is 4.79 Å². The Bertz CT molecular complexity index is 1570. The third-order valence-electron chi connectivity index (χ3n) is 5.81. The highest BCUT2D eigenvalue weighted by Gasteiger charge is 2.26. The molecule has 6 rings (SSSR count). The zero-order chi connectivity index (χ0) is 21.8. The lowest BCUT2D eigenvalue weighted by atomic mass is 10.2. The van der Waals surface area contributed by atoms with Crippen LogP contribution in [0.3, 0.4) is 0 Å². The summed E-state index contributed by atoms with van der Waals surface area (Å²) in [5.74, 6) is 3.15. The van der Waals surface area contributed by atoms with Gasteiger partial charge in [-0.25, -0.2) is 9.38 Å². The van der Waals surface area contributed by atoms with Crippen LogP contribution in [-0.4, -0.2) is 38.8 Å². The maximum Gasteiger partial charge on any atom is 0.267 e. The van der Waals surface area contributed by atoms with Crippen LogP contribution in [0.15, 0.2) is 47.3 Å². The molecule has 0 bridgehead atoms. The van der Waals surface area contributed by atoms with E-state index >= 15 is 0 Å². The Morgan fingerprint density at radius 3 is 2.59 bits per heavy atom. The Labute approximate surface area is 182 Å². The molecule has 0 atom stereocenters. The molecule has 9 heteroatoms. The molecule has 1 aliphatic rings. The van der Waals surface area contributed by atoms with Gasteiger partial charge >= 0.3 is 0 Å². The van der Waals surface area contributed by atoms with Gasteiger partial charge in [-0.1, -0.05) is 12.1 Å². The third kappa shape index (κ3) is 2.85. The molecule has 0 spiro atoms. The standard InChI is InChI=1S/C23H20N6O3/c1-31-18-9-14-16(10-19(18)32-2)24-23-26-21(25-20-11-15(27-28-20)12-7-8-12)13-5-3-4-6-17(13)29(23)22(14)30/h3-6,9-12H,7-8H2,1-2H3,(H2,24,25,26,27,28). The first-order valence-electron chi connectivity index (χ1n) is 10.4. The summed E-state index contributed by atoms with van der Waals surface area (Å²) >= 11 is 0. The van der Waals surface area contributed by atoms with Crippen LogP contribution < -0.4 is 20.3 Å². The van der Waals surface area contributed by atoms with Crippen molar-refractivity contribution in [1.29, 1.82) is 0 Å². The third-order valence-corrected chi connectivity index (χ3v) is 5.81. The van der Waals surface area contributed by atoms with Crippen molar-refractivity contribution < 1.29 is 9.47 Å². The number of aromatic amines is 1. The second kappa shape index (κ2) is 6.94. The molecule has 3 heterocycles. The predicted octanol–water partition coefficient (Wildman–Crippen LogP) is 3.76. The highest BCUT2D eigenvalue weighted by Crippen LogP contribution is 2.40. The molecule has 9 nitrogen and oxygen atoms in total. The fourth-order valence-corrected chi connectivity index (χ4v) is 4.03. The first-order chi connectivity index (χ1) is 15.7. The number of hydrogen-bond acceptors (Lipinski definition) is 7. The first kappa shape index (κ1) is 18.6. The number of nitrogens with one attached hydrogen (secondary N) is 2. The minimum absolute atomic E-state index is 0.223. The van der Waals surface area contributed by atoms with Crippen LogP contribution in [0.25, 0.3) is 27.6 Å². The van der Waals surface area contributed by atoms with E-state index in [1.165, 1.54) is 24.4 Å². The fourth-order valence-electron chi connectivity index (χ4n) is 4.03. The van der Waals surface area contributed by atoms with Crippen LogP contribution in [0.2, 0.25) is 0 Å². The number of H-pyrrole nitrogens is 1. The molecule has 32 heavy (non-hydrogen) atoms. The van der Waals surface area contributed by atoms with E-state index in [0.29, 0.717) is 39.7 Å². The minimum atomic E-state index is -0.223. The van der Waals surface area contributed by atoms with Gasteiger partial charge in [0.15, 0.2) is 11.5 Å². The summed E-state index contributed by atoms with van der Waals surface area (Å²) in [5.41, 5.74) is 2.02. The Morgan fingerprint density at radius 2 is 1.81 bits per heavy atom. The normalized spacial score (nSPS) is 13.7. The van der Waals surface area contributed by atoms with Gasteiger partial charge in [-0.3, -0.25) is 9.89 Å². The molecule has 2 N–H and O–H groups in total. The zero-order valence-corrected chi connectivity index (χ0v) is 17.5. The van der Waals surface area contributed by atoms with Gasteiger partial charge in [0.2, 0.25) is 5.78 Å². The monoisotopic (exact) mass is 428 g/mol. The minimum Gasteiger partial charge on any atom is -0.493 e. The molecule has 0 saturated heterocycles. The fraction of sp³-hybridized carbons (Fsp3) is 0.217. The lowest BCUT2D eigenvalue weighted by molar-refractivity contribution is 0.355. The Morgan fingerprint density at radius 1 is 1.03 bits per heavy atom. The SMILES string of the molecule is COc1cc2nc3nc(Nc4cc(C5CC5)n[nH]4)c4ccccc4n3c(=O)c2cc1OC. The highest BCUT2D eigenvalue weighted by molar-refractivity contribution is 5.94. The number of benzene rings is 2.